The van der Waals surface area contributed by atoms with Gasteiger partial charge < -0.3 is 9.72 Å². The molecule has 0 aliphatic carbocycles. The van der Waals surface area contributed by atoms with Crippen LogP contribution in [0, 0.1) is 0 Å². The zero-order chi connectivity index (χ0) is 27.0. The van der Waals surface area contributed by atoms with Crippen molar-refractivity contribution in [3.05, 3.63) is 125 Å². The van der Waals surface area contributed by atoms with Gasteiger partial charge in [0.05, 0.1) is 11.1 Å². The van der Waals surface area contributed by atoms with Crippen molar-refractivity contribution in [2.45, 2.75) is 25.7 Å². The van der Waals surface area contributed by atoms with E-state index in [4.69, 9.17) is 4.74 Å². The average molecular weight is 527 g/mol. The summed E-state index contributed by atoms with van der Waals surface area (Å²) in [5.74, 6) is -0.103. The Labute approximate surface area is 223 Å². The fourth-order valence-corrected chi connectivity index (χ4v) is 5.20. The van der Waals surface area contributed by atoms with Crippen LogP contribution in [0.4, 0.5) is 13.2 Å². The van der Waals surface area contributed by atoms with Crippen molar-refractivity contribution in [2.24, 2.45) is 0 Å². The first-order valence-electron chi connectivity index (χ1n) is 12.7. The molecule has 4 nitrogen and oxygen atoms in total. The predicted molar refractivity (Wildman–Crippen MR) is 144 cm³/mol. The minimum atomic E-state index is -4.42. The number of hydrogen-bond acceptors (Lipinski definition) is 3. The summed E-state index contributed by atoms with van der Waals surface area (Å²) in [7, 11) is 0. The number of halogens is 3. The smallest absolute Gasteiger partial charge is 0.416 e. The Kier molecular flexibility index (Phi) is 6.45. The van der Waals surface area contributed by atoms with Gasteiger partial charge in [-0.2, -0.15) is 13.2 Å². The molecule has 0 atom stereocenters. The Morgan fingerprint density at radius 2 is 1.67 bits per heavy atom. The third-order valence-electron chi connectivity index (χ3n) is 7.22. The molecule has 1 aromatic heterocycles. The van der Waals surface area contributed by atoms with Crippen LogP contribution >= 0.6 is 0 Å². The van der Waals surface area contributed by atoms with Crippen molar-refractivity contribution in [1.29, 1.82) is 0 Å². The predicted octanol–water partition coefficient (Wildman–Crippen LogP) is 7.63. The third-order valence-corrected chi connectivity index (χ3v) is 7.22. The maximum absolute atomic E-state index is 13.1. The van der Waals surface area contributed by atoms with Crippen LogP contribution in [0.15, 0.2) is 97.2 Å². The molecular weight excluding hydrogens is 501 g/mol. The molecule has 0 spiro atoms. The minimum Gasteiger partial charge on any atom is -0.423 e. The van der Waals surface area contributed by atoms with Crippen molar-refractivity contribution >= 4 is 16.9 Å². The number of nitrogens with one attached hydrogen (secondary N) is 1. The maximum Gasteiger partial charge on any atom is 0.416 e. The highest BCUT2D eigenvalue weighted by molar-refractivity contribution is 5.98. The van der Waals surface area contributed by atoms with E-state index in [1.807, 2.05) is 18.2 Å². The van der Waals surface area contributed by atoms with Gasteiger partial charge >= 0.3 is 12.1 Å². The molecule has 2 heterocycles. The molecule has 0 fully saturated rings. The van der Waals surface area contributed by atoms with Gasteiger partial charge in [-0.05, 0) is 70.6 Å². The molecule has 196 valence electrons. The van der Waals surface area contributed by atoms with E-state index in [2.05, 4.69) is 34.3 Å². The van der Waals surface area contributed by atoms with Crippen molar-refractivity contribution < 1.29 is 22.7 Å². The first-order valence-corrected chi connectivity index (χ1v) is 12.7. The number of aromatic amines is 1. The van der Waals surface area contributed by atoms with Gasteiger partial charge in [0.1, 0.15) is 5.75 Å². The van der Waals surface area contributed by atoms with Crippen LogP contribution in [0.2, 0.25) is 0 Å². The number of ether oxygens (including phenoxy) is 1. The van der Waals surface area contributed by atoms with Crippen LogP contribution in [-0.4, -0.2) is 22.4 Å². The van der Waals surface area contributed by atoms with Crippen LogP contribution in [-0.2, 0) is 25.7 Å². The van der Waals surface area contributed by atoms with E-state index >= 15 is 0 Å². The van der Waals surface area contributed by atoms with E-state index in [0.29, 0.717) is 22.4 Å². The summed E-state index contributed by atoms with van der Waals surface area (Å²) in [6, 6.07) is 25.6. The van der Waals surface area contributed by atoms with Gasteiger partial charge in [0.2, 0.25) is 0 Å². The molecule has 7 heteroatoms. The Hall–Kier alpha value is -4.36. The lowest BCUT2D eigenvalue weighted by atomic mass is 9.98. The summed E-state index contributed by atoms with van der Waals surface area (Å²) in [5.41, 5.74) is 5.33. The van der Waals surface area contributed by atoms with Crippen molar-refractivity contribution in [3.63, 3.8) is 0 Å². The average Bonchev–Trinajstić information content (AvgIpc) is 3.35. The fraction of sp³-hybridized carbons (Fsp3) is 0.156. The SMILES string of the molecule is O=C(Oc1ccc2c(c1)CCN(Cc1c[nH]c3ccccc13)C2)c1ccccc1-c1ccc(C(F)(F)F)cc1. The highest BCUT2D eigenvalue weighted by Gasteiger charge is 2.30. The van der Waals surface area contributed by atoms with Gasteiger partial charge in [0.25, 0.3) is 0 Å². The highest BCUT2D eigenvalue weighted by atomic mass is 19.4. The number of carbonyl (C=O) groups is 1. The number of hydrogen-bond donors (Lipinski definition) is 1. The summed E-state index contributed by atoms with van der Waals surface area (Å²) in [4.78, 5) is 18.9. The summed E-state index contributed by atoms with van der Waals surface area (Å²) in [6.07, 6.45) is -1.51. The maximum atomic E-state index is 13.1. The molecule has 6 rings (SSSR count). The van der Waals surface area contributed by atoms with E-state index in [0.717, 1.165) is 49.3 Å². The lowest BCUT2D eigenvalue weighted by Gasteiger charge is -2.28. The Bertz CT molecular complexity index is 1650. The molecule has 1 N–H and O–H groups in total. The lowest BCUT2D eigenvalue weighted by molar-refractivity contribution is -0.137. The number of H-pyrrole nitrogens is 1. The summed E-state index contributed by atoms with van der Waals surface area (Å²) in [5, 5.41) is 1.24. The van der Waals surface area contributed by atoms with Crippen molar-refractivity contribution in [2.75, 3.05) is 6.54 Å². The molecule has 0 saturated carbocycles. The number of aromatic nitrogens is 1. The molecule has 1 aliphatic heterocycles. The molecule has 1 aliphatic rings. The minimum absolute atomic E-state index is 0.292. The number of esters is 1. The van der Waals surface area contributed by atoms with Gasteiger partial charge in [-0.3, -0.25) is 4.90 Å². The number of alkyl halides is 3. The van der Waals surface area contributed by atoms with Crippen LogP contribution in [0.5, 0.6) is 5.75 Å². The first-order chi connectivity index (χ1) is 18.8. The van der Waals surface area contributed by atoms with Crippen LogP contribution < -0.4 is 4.74 Å². The number of carbonyl (C=O) groups excluding carboxylic acids is 1. The van der Waals surface area contributed by atoms with E-state index in [-0.39, 0.29) is 0 Å². The Morgan fingerprint density at radius 3 is 2.49 bits per heavy atom. The quantitative estimate of drug-likeness (QED) is 0.189. The molecule has 0 radical (unpaired) electrons. The first kappa shape index (κ1) is 24.9. The van der Waals surface area contributed by atoms with E-state index in [1.54, 1.807) is 30.3 Å². The molecule has 4 aromatic carbocycles. The number of nitrogens with zero attached hydrogens (tertiary/aromatic N) is 1. The van der Waals surface area contributed by atoms with Gasteiger partial charge in [-0.15, -0.1) is 0 Å². The lowest BCUT2D eigenvalue weighted by Crippen LogP contribution is -2.30. The van der Waals surface area contributed by atoms with Crippen LogP contribution in [0.25, 0.3) is 22.0 Å². The second-order valence-corrected chi connectivity index (χ2v) is 9.76. The largest absolute Gasteiger partial charge is 0.423 e. The second kappa shape index (κ2) is 10.1. The summed E-state index contributed by atoms with van der Waals surface area (Å²) >= 11 is 0. The standard InChI is InChI=1S/C32H25F3N2O2/c33-32(34,35)25-12-9-21(10-13-25)27-5-1-2-7-29(27)31(38)39-26-14-11-23-19-37(16-15-22(23)17-26)20-24-18-36-30-8-4-3-6-28(24)30/h1-14,17-18,36H,15-16,19-20H2. The number of benzene rings is 4. The van der Waals surface area contributed by atoms with E-state index in [1.165, 1.54) is 28.6 Å². The molecule has 0 unspecified atom stereocenters. The zero-order valence-corrected chi connectivity index (χ0v) is 21.0. The van der Waals surface area contributed by atoms with Crippen LogP contribution in [0.1, 0.15) is 32.6 Å². The zero-order valence-electron chi connectivity index (χ0n) is 21.0. The fourth-order valence-electron chi connectivity index (χ4n) is 5.20. The monoisotopic (exact) mass is 526 g/mol. The van der Waals surface area contributed by atoms with Gasteiger partial charge in [0.15, 0.2) is 0 Å². The molecule has 0 saturated heterocycles. The van der Waals surface area contributed by atoms with Crippen molar-refractivity contribution in [3.8, 4) is 16.9 Å². The van der Waals surface area contributed by atoms with Gasteiger partial charge in [-0.25, -0.2) is 4.79 Å². The van der Waals surface area contributed by atoms with Crippen molar-refractivity contribution in [1.82, 2.24) is 9.88 Å². The normalized spacial score (nSPS) is 13.8. The molecule has 5 aromatic rings. The summed E-state index contributed by atoms with van der Waals surface area (Å²) in [6.45, 7) is 2.54. The molecule has 0 bridgehead atoms. The van der Waals surface area contributed by atoms with E-state index < -0.39 is 17.7 Å². The van der Waals surface area contributed by atoms with Gasteiger partial charge in [-0.1, -0.05) is 54.6 Å². The van der Waals surface area contributed by atoms with Crippen LogP contribution in [0.3, 0.4) is 0 Å². The Balaban J connectivity index is 1.16. The molecule has 39 heavy (non-hydrogen) atoms. The van der Waals surface area contributed by atoms with E-state index in [9.17, 15) is 18.0 Å². The number of fused-ring (bicyclic) bond motifs is 2. The highest BCUT2D eigenvalue weighted by Crippen LogP contribution is 2.33. The van der Waals surface area contributed by atoms with Gasteiger partial charge in [0, 0.05) is 36.7 Å². The second-order valence-electron chi connectivity index (χ2n) is 9.76. The third kappa shape index (κ3) is 5.18. The Morgan fingerprint density at radius 1 is 0.897 bits per heavy atom. The topological polar surface area (TPSA) is 45.3 Å². The number of para-hydroxylation sites is 1. The molecule has 0 amide bonds. The number of rotatable bonds is 5. The molecular formula is C32H25F3N2O2. The summed E-state index contributed by atoms with van der Waals surface area (Å²) < 4.78 is 44.7.